The van der Waals surface area contributed by atoms with Crippen molar-refractivity contribution >= 4 is 52.2 Å². The number of carbonyl (C=O) groups is 3. The summed E-state index contributed by atoms with van der Waals surface area (Å²) in [6.45, 7) is -0.0980. The third kappa shape index (κ3) is 4.82. The Balaban J connectivity index is 1.63. The van der Waals surface area contributed by atoms with Crippen molar-refractivity contribution in [3.05, 3.63) is 79.7 Å². The van der Waals surface area contributed by atoms with E-state index in [1.54, 1.807) is 6.08 Å². The van der Waals surface area contributed by atoms with Crippen molar-refractivity contribution < 1.29 is 19.3 Å². The molecule has 1 saturated heterocycles. The number of imide groups is 1. The van der Waals surface area contributed by atoms with E-state index in [1.807, 2.05) is 30.3 Å². The van der Waals surface area contributed by atoms with E-state index in [9.17, 15) is 24.5 Å². The molecule has 1 heterocycles. The molecule has 1 N–H and O–H groups in total. The van der Waals surface area contributed by atoms with Crippen LogP contribution in [0.25, 0.3) is 6.08 Å². The number of amides is 3. The van der Waals surface area contributed by atoms with Gasteiger partial charge >= 0.3 is 0 Å². The first-order valence-corrected chi connectivity index (χ1v) is 9.59. The average molecular weight is 432 g/mol. The van der Waals surface area contributed by atoms with E-state index in [0.717, 1.165) is 28.3 Å². The fourth-order valence-electron chi connectivity index (χ4n) is 2.62. The van der Waals surface area contributed by atoms with Crippen molar-refractivity contribution in [2.75, 3.05) is 13.1 Å². The molecule has 0 atom stereocenters. The Bertz CT molecular complexity index is 1030. The third-order valence-corrected chi connectivity index (χ3v) is 5.14. The lowest BCUT2D eigenvalue weighted by atomic mass is 10.1. The van der Waals surface area contributed by atoms with Gasteiger partial charge in [-0.15, -0.1) is 0 Å². The zero-order valence-electron chi connectivity index (χ0n) is 14.8. The summed E-state index contributed by atoms with van der Waals surface area (Å²) in [5, 5.41) is 13.3. The number of nitro groups is 1. The van der Waals surface area contributed by atoms with Gasteiger partial charge in [0, 0.05) is 24.2 Å². The maximum atomic E-state index is 12.4. The molecule has 3 amide bonds. The molecule has 1 aliphatic rings. The lowest BCUT2D eigenvalue weighted by molar-refractivity contribution is -0.385. The monoisotopic (exact) mass is 431 g/mol. The Morgan fingerprint density at radius 1 is 1.21 bits per heavy atom. The maximum absolute atomic E-state index is 12.4. The van der Waals surface area contributed by atoms with E-state index < -0.39 is 27.7 Å². The zero-order valence-corrected chi connectivity index (χ0v) is 16.4. The Morgan fingerprint density at radius 3 is 2.62 bits per heavy atom. The molecule has 1 fully saturated rings. The summed E-state index contributed by atoms with van der Waals surface area (Å²) in [6, 6.07) is 12.8. The van der Waals surface area contributed by atoms with Crippen molar-refractivity contribution in [2.45, 2.75) is 0 Å². The Kier molecular flexibility index (Phi) is 6.30. The molecule has 8 nitrogen and oxygen atoms in total. The molecule has 0 spiro atoms. The lowest BCUT2D eigenvalue weighted by Crippen LogP contribution is -2.37. The van der Waals surface area contributed by atoms with E-state index >= 15 is 0 Å². The molecule has 2 aromatic carbocycles. The average Bonchev–Trinajstić information content (AvgIpc) is 2.95. The molecule has 0 aliphatic carbocycles. The summed E-state index contributed by atoms with van der Waals surface area (Å²) < 4.78 is 0. The number of halogens is 1. The number of hydrogen-bond acceptors (Lipinski definition) is 6. The SMILES string of the molecule is O=C(NCCN1C(=O)S/C(=C\c2ccccc2)C1=O)c1ccc(Cl)cc1[N+](=O)[O-]. The van der Waals surface area contributed by atoms with Crippen LogP contribution in [0.3, 0.4) is 0 Å². The van der Waals surface area contributed by atoms with E-state index in [2.05, 4.69) is 5.32 Å². The number of carbonyl (C=O) groups excluding carboxylic acids is 3. The standard InChI is InChI=1S/C19H14ClN3O5S/c20-13-6-7-14(15(11-13)23(27)28)17(24)21-8-9-22-18(25)16(29-19(22)26)10-12-4-2-1-3-5-12/h1-7,10-11H,8-9H2,(H,21,24)/b16-10-. The van der Waals surface area contributed by atoms with Gasteiger partial charge in [0.2, 0.25) is 0 Å². The highest BCUT2D eigenvalue weighted by molar-refractivity contribution is 8.18. The first-order valence-electron chi connectivity index (χ1n) is 8.39. The van der Waals surface area contributed by atoms with Gasteiger partial charge in [-0.1, -0.05) is 41.9 Å². The molecule has 10 heteroatoms. The third-order valence-electron chi connectivity index (χ3n) is 3.99. The fraction of sp³-hybridized carbons (Fsp3) is 0.105. The van der Waals surface area contributed by atoms with Gasteiger partial charge in [-0.3, -0.25) is 29.4 Å². The molecule has 148 valence electrons. The number of thioether (sulfide) groups is 1. The quantitative estimate of drug-likeness (QED) is 0.424. The summed E-state index contributed by atoms with van der Waals surface area (Å²) in [4.78, 5) is 48.5. The van der Waals surface area contributed by atoms with Crippen molar-refractivity contribution in [1.29, 1.82) is 0 Å². The molecular formula is C19H14ClN3O5S. The molecule has 0 aromatic heterocycles. The van der Waals surface area contributed by atoms with Crippen molar-refractivity contribution in [3.63, 3.8) is 0 Å². The van der Waals surface area contributed by atoms with Gasteiger partial charge in [-0.2, -0.15) is 0 Å². The predicted molar refractivity (Wildman–Crippen MR) is 110 cm³/mol. The van der Waals surface area contributed by atoms with Gasteiger partial charge in [0.25, 0.3) is 22.7 Å². The molecule has 2 aromatic rings. The van der Waals surface area contributed by atoms with Gasteiger partial charge < -0.3 is 5.32 Å². The van der Waals surface area contributed by atoms with Crippen LogP contribution in [-0.4, -0.2) is 40.0 Å². The highest BCUT2D eigenvalue weighted by Crippen LogP contribution is 2.31. The second kappa shape index (κ2) is 8.89. The van der Waals surface area contributed by atoms with Gasteiger partial charge in [-0.25, -0.2) is 0 Å². The van der Waals surface area contributed by atoms with E-state index in [1.165, 1.54) is 12.1 Å². The number of nitrogens with zero attached hydrogens (tertiary/aromatic N) is 2. The first kappa shape index (κ1) is 20.6. The normalized spacial score (nSPS) is 15.1. The summed E-state index contributed by atoms with van der Waals surface area (Å²) in [5.74, 6) is -1.14. The Labute approximate surface area is 174 Å². The molecule has 0 unspecified atom stereocenters. The number of nitrogens with one attached hydrogen (secondary N) is 1. The number of rotatable bonds is 6. The zero-order chi connectivity index (χ0) is 21.0. The van der Waals surface area contributed by atoms with Gasteiger partial charge in [-0.05, 0) is 35.5 Å². The van der Waals surface area contributed by atoms with Gasteiger partial charge in [0.15, 0.2) is 0 Å². The molecular weight excluding hydrogens is 418 g/mol. The van der Waals surface area contributed by atoms with E-state index in [0.29, 0.717) is 4.91 Å². The highest BCUT2D eigenvalue weighted by atomic mass is 35.5. The van der Waals surface area contributed by atoms with E-state index in [-0.39, 0.29) is 23.7 Å². The minimum absolute atomic E-state index is 0.0464. The summed E-state index contributed by atoms with van der Waals surface area (Å²) in [7, 11) is 0. The fourth-order valence-corrected chi connectivity index (χ4v) is 3.65. The number of nitro benzene ring substituents is 1. The smallest absolute Gasteiger partial charge is 0.293 e. The minimum Gasteiger partial charge on any atom is -0.350 e. The lowest BCUT2D eigenvalue weighted by Gasteiger charge is -2.13. The van der Waals surface area contributed by atoms with Crippen LogP contribution in [-0.2, 0) is 4.79 Å². The van der Waals surface area contributed by atoms with Crippen LogP contribution < -0.4 is 5.32 Å². The second-order valence-corrected chi connectivity index (χ2v) is 7.35. The van der Waals surface area contributed by atoms with Crippen LogP contribution in [0.15, 0.2) is 53.4 Å². The molecule has 3 rings (SSSR count). The largest absolute Gasteiger partial charge is 0.350 e. The Hall–Kier alpha value is -3.17. The first-order chi connectivity index (χ1) is 13.9. The van der Waals surface area contributed by atoms with Crippen LogP contribution in [0.5, 0.6) is 0 Å². The van der Waals surface area contributed by atoms with Crippen molar-refractivity contribution in [3.8, 4) is 0 Å². The number of hydrogen-bond donors (Lipinski definition) is 1. The molecule has 1 aliphatic heterocycles. The van der Waals surface area contributed by atoms with Gasteiger partial charge in [0.05, 0.1) is 9.83 Å². The van der Waals surface area contributed by atoms with Crippen LogP contribution in [0, 0.1) is 10.1 Å². The summed E-state index contributed by atoms with van der Waals surface area (Å²) in [5.41, 5.74) is 0.214. The molecule has 0 bridgehead atoms. The summed E-state index contributed by atoms with van der Waals surface area (Å²) >= 11 is 6.56. The van der Waals surface area contributed by atoms with Crippen LogP contribution in [0.4, 0.5) is 10.5 Å². The topological polar surface area (TPSA) is 110 Å². The van der Waals surface area contributed by atoms with E-state index in [4.69, 9.17) is 11.6 Å². The predicted octanol–water partition coefficient (Wildman–Crippen LogP) is 3.71. The summed E-state index contributed by atoms with van der Waals surface area (Å²) in [6.07, 6.45) is 1.63. The molecule has 0 saturated carbocycles. The van der Waals surface area contributed by atoms with Gasteiger partial charge in [0.1, 0.15) is 5.56 Å². The van der Waals surface area contributed by atoms with Crippen molar-refractivity contribution in [1.82, 2.24) is 10.2 Å². The van der Waals surface area contributed by atoms with Crippen LogP contribution in [0.2, 0.25) is 5.02 Å². The van der Waals surface area contributed by atoms with Crippen LogP contribution >= 0.6 is 23.4 Å². The molecule has 29 heavy (non-hydrogen) atoms. The Morgan fingerprint density at radius 2 is 1.93 bits per heavy atom. The molecule has 0 radical (unpaired) electrons. The number of benzene rings is 2. The van der Waals surface area contributed by atoms with Crippen LogP contribution in [0.1, 0.15) is 15.9 Å². The highest BCUT2D eigenvalue weighted by Gasteiger charge is 2.34. The second-order valence-electron chi connectivity index (χ2n) is 5.92. The maximum Gasteiger partial charge on any atom is 0.293 e. The van der Waals surface area contributed by atoms with Crippen molar-refractivity contribution in [2.24, 2.45) is 0 Å². The minimum atomic E-state index is -0.703.